The molecule has 2 nitrogen and oxygen atoms in total. The third kappa shape index (κ3) is 5.39. The van der Waals surface area contributed by atoms with E-state index < -0.39 is 0 Å². The molecule has 1 heterocycles. The normalized spacial score (nSPS) is 22.2. The molecule has 0 saturated carbocycles. The summed E-state index contributed by atoms with van der Waals surface area (Å²) < 4.78 is 1.12. The minimum atomic E-state index is 0.145. The Morgan fingerprint density at radius 1 is 1.29 bits per heavy atom. The van der Waals surface area contributed by atoms with Gasteiger partial charge in [0.1, 0.15) is 0 Å². The van der Waals surface area contributed by atoms with Gasteiger partial charge in [-0.15, -0.1) is 0 Å². The van der Waals surface area contributed by atoms with Crippen molar-refractivity contribution in [1.29, 1.82) is 0 Å². The van der Waals surface area contributed by atoms with Crippen LogP contribution in [0.1, 0.15) is 51.1 Å². The van der Waals surface area contributed by atoms with Gasteiger partial charge in [0, 0.05) is 10.5 Å². The zero-order valence-electron chi connectivity index (χ0n) is 13.4. The molecule has 2 rings (SSSR count). The van der Waals surface area contributed by atoms with Crippen LogP contribution < -0.4 is 5.73 Å². The SMILES string of the molecule is CC(C)C1CCCN(CCC(N)c2cccc(Br)c2)CC1. The van der Waals surface area contributed by atoms with E-state index in [9.17, 15) is 0 Å². The van der Waals surface area contributed by atoms with Crippen LogP contribution in [0.25, 0.3) is 0 Å². The highest BCUT2D eigenvalue weighted by Crippen LogP contribution is 2.25. The first-order chi connectivity index (χ1) is 10.1. The van der Waals surface area contributed by atoms with E-state index in [-0.39, 0.29) is 6.04 Å². The lowest BCUT2D eigenvalue weighted by atomic mass is 9.89. The highest BCUT2D eigenvalue weighted by molar-refractivity contribution is 9.10. The minimum Gasteiger partial charge on any atom is -0.324 e. The van der Waals surface area contributed by atoms with Crippen LogP contribution in [0.2, 0.25) is 0 Å². The molecule has 0 bridgehead atoms. The van der Waals surface area contributed by atoms with E-state index in [1.165, 1.54) is 37.9 Å². The molecule has 21 heavy (non-hydrogen) atoms. The van der Waals surface area contributed by atoms with Crippen molar-refractivity contribution in [2.45, 2.75) is 45.6 Å². The summed E-state index contributed by atoms with van der Waals surface area (Å²) in [6.45, 7) is 8.34. The first kappa shape index (κ1) is 17.0. The van der Waals surface area contributed by atoms with Crippen molar-refractivity contribution in [3.8, 4) is 0 Å². The maximum Gasteiger partial charge on any atom is 0.0307 e. The molecule has 3 heteroatoms. The highest BCUT2D eigenvalue weighted by atomic mass is 79.9. The van der Waals surface area contributed by atoms with E-state index in [1.807, 2.05) is 0 Å². The standard InChI is InChI=1S/C18H29BrN2/c1-14(2)15-6-4-10-21(11-8-15)12-9-18(20)16-5-3-7-17(19)13-16/h3,5,7,13-15,18H,4,6,8-12,20H2,1-2H3. The van der Waals surface area contributed by atoms with Crippen LogP contribution in [0.4, 0.5) is 0 Å². The van der Waals surface area contributed by atoms with Gasteiger partial charge in [0.2, 0.25) is 0 Å². The molecule has 2 atom stereocenters. The van der Waals surface area contributed by atoms with Gasteiger partial charge in [0.25, 0.3) is 0 Å². The average molecular weight is 353 g/mol. The van der Waals surface area contributed by atoms with E-state index in [1.54, 1.807) is 0 Å². The zero-order chi connectivity index (χ0) is 15.2. The Hall–Kier alpha value is -0.380. The molecule has 1 aliphatic rings. The van der Waals surface area contributed by atoms with Crippen molar-refractivity contribution >= 4 is 15.9 Å². The minimum absolute atomic E-state index is 0.145. The monoisotopic (exact) mass is 352 g/mol. The maximum absolute atomic E-state index is 6.35. The molecule has 1 fully saturated rings. The Kier molecular flexibility index (Phi) is 6.72. The van der Waals surface area contributed by atoms with E-state index >= 15 is 0 Å². The molecule has 118 valence electrons. The predicted octanol–water partition coefficient (Wildman–Crippen LogP) is 4.60. The zero-order valence-corrected chi connectivity index (χ0v) is 15.0. The Balaban J connectivity index is 1.80. The summed E-state index contributed by atoms with van der Waals surface area (Å²) in [5.74, 6) is 1.74. The van der Waals surface area contributed by atoms with Crippen LogP contribution in [0.5, 0.6) is 0 Å². The van der Waals surface area contributed by atoms with Crippen LogP contribution >= 0.6 is 15.9 Å². The summed E-state index contributed by atoms with van der Waals surface area (Å²) in [5.41, 5.74) is 7.58. The van der Waals surface area contributed by atoms with Gasteiger partial charge >= 0.3 is 0 Å². The number of likely N-dealkylation sites (tertiary alicyclic amines) is 1. The lowest BCUT2D eigenvalue weighted by Gasteiger charge is -2.23. The van der Waals surface area contributed by atoms with E-state index in [0.717, 1.165) is 29.3 Å². The number of rotatable bonds is 5. The molecule has 0 aliphatic carbocycles. The van der Waals surface area contributed by atoms with Gasteiger partial charge in [0.05, 0.1) is 0 Å². The number of nitrogens with two attached hydrogens (primary N) is 1. The quantitative estimate of drug-likeness (QED) is 0.838. The fraction of sp³-hybridized carbons (Fsp3) is 0.667. The third-order valence-corrected chi connectivity index (χ3v) is 5.33. The number of halogens is 1. The second-order valence-electron chi connectivity index (χ2n) is 6.73. The summed E-state index contributed by atoms with van der Waals surface area (Å²) in [6.07, 6.45) is 5.13. The predicted molar refractivity (Wildman–Crippen MR) is 94.3 cm³/mol. The molecule has 0 amide bonds. The Morgan fingerprint density at radius 3 is 2.81 bits per heavy atom. The second-order valence-corrected chi connectivity index (χ2v) is 7.64. The van der Waals surface area contributed by atoms with Crippen LogP contribution in [-0.4, -0.2) is 24.5 Å². The summed E-state index contributed by atoms with van der Waals surface area (Å²) in [5, 5.41) is 0. The van der Waals surface area contributed by atoms with E-state index in [4.69, 9.17) is 5.73 Å². The third-order valence-electron chi connectivity index (χ3n) is 4.84. The van der Waals surface area contributed by atoms with Gasteiger partial charge in [-0.1, -0.05) is 41.9 Å². The number of nitrogens with zero attached hydrogens (tertiary/aromatic N) is 1. The van der Waals surface area contributed by atoms with Crippen LogP contribution in [0.15, 0.2) is 28.7 Å². The highest BCUT2D eigenvalue weighted by Gasteiger charge is 2.19. The molecular formula is C18H29BrN2. The lowest BCUT2D eigenvalue weighted by Crippen LogP contribution is -2.28. The van der Waals surface area contributed by atoms with Gasteiger partial charge in [-0.25, -0.2) is 0 Å². The van der Waals surface area contributed by atoms with Crippen molar-refractivity contribution in [1.82, 2.24) is 4.90 Å². The van der Waals surface area contributed by atoms with Gasteiger partial charge in [-0.3, -0.25) is 0 Å². The maximum atomic E-state index is 6.35. The topological polar surface area (TPSA) is 29.3 Å². The molecule has 0 spiro atoms. The second kappa shape index (κ2) is 8.30. The summed E-state index contributed by atoms with van der Waals surface area (Å²) >= 11 is 3.52. The first-order valence-electron chi connectivity index (χ1n) is 8.29. The van der Waals surface area contributed by atoms with Gasteiger partial charge in [-0.05, 0) is 74.8 Å². The molecule has 0 aromatic heterocycles. The molecule has 1 aromatic rings. The summed E-state index contributed by atoms with van der Waals surface area (Å²) in [4.78, 5) is 2.61. The largest absolute Gasteiger partial charge is 0.324 e. The number of hydrogen-bond acceptors (Lipinski definition) is 2. The summed E-state index contributed by atoms with van der Waals surface area (Å²) in [7, 11) is 0. The average Bonchev–Trinajstić information content (AvgIpc) is 2.70. The Bertz CT molecular complexity index is 433. The van der Waals surface area contributed by atoms with Crippen molar-refractivity contribution in [3.63, 3.8) is 0 Å². The molecular weight excluding hydrogens is 324 g/mol. The van der Waals surface area contributed by atoms with Crippen LogP contribution in [0.3, 0.4) is 0 Å². The number of benzene rings is 1. The van der Waals surface area contributed by atoms with Crippen molar-refractivity contribution in [2.24, 2.45) is 17.6 Å². The molecule has 1 saturated heterocycles. The van der Waals surface area contributed by atoms with Crippen molar-refractivity contribution < 1.29 is 0 Å². The molecule has 2 unspecified atom stereocenters. The number of hydrogen-bond donors (Lipinski definition) is 1. The first-order valence-corrected chi connectivity index (χ1v) is 9.09. The molecule has 0 radical (unpaired) electrons. The van der Waals surface area contributed by atoms with Gasteiger partial charge in [-0.2, -0.15) is 0 Å². The smallest absolute Gasteiger partial charge is 0.0307 e. The fourth-order valence-electron chi connectivity index (χ4n) is 3.30. The van der Waals surface area contributed by atoms with Crippen LogP contribution in [-0.2, 0) is 0 Å². The fourth-order valence-corrected chi connectivity index (χ4v) is 3.71. The molecule has 2 N–H and O–H groups in total. The molecule has 1 aliphatic heterocycles. The van der Waals surface area contributed by atoms with Gasteiger partial charge < -0.3 is 10.6 Å². The lowest BCUT2D eigenvalue weighted by molar-refractivity contribution is 0.262. The Labute approximate surface area is 138 Å². The van der Waals surface area contributed by atoms with E-state index in [2.05, 4.69) is 58.9 Å². The Morgan fingerprint density at radius 2 is 2.10 bits per heavy atom. The van der Waals surface area contributed by atoms with E-state index in [0.29, 0.717) is 0 Å². The van der Waals surface area contributed by atoms with Crippen molar-refractivity contribution in [3.05, 3.63) is 34.3 Å². The molecule has 1 aromatic carbocycles. The van der Waals surface area contributed by atoms with Crippen LogP contribution in [0, 0.1) is 11.8 Å². The van der Waals surface area contributed by atoms with Crippen molar-refractivity contribution in [2.75, 3.05) is 19.6 Å². The van der Waals surface area contributed by atoms with Gasteiger partial charge in [0.15, 0.2) is 0 Å². The summed E-state index contributed by atoms with van der Waals surface area (Å²) in [6, 6.07) is 8.54.